The first-order valence-corrected chi connectivity index (χ1v) is 8.84. The van der Waals surface area contributed by atoms with Crippen molar-refractivity contribution in [3.63, 3.8) is 0 Å². The van der Waals surface area contributed by atoms with Gasteiger partial charge in [0.15, 0.2) is 17.5 Å². The summed E-state index contributed by atoms with van der Waals surface area (Å²) < 4.78 is 16.4. The second-order valence-corrected chi connectivity index (χ2v) is 6.21. The number of methoxy groups -OCH3 is 2. The maximum atomic E-state index is 5.98. The number of nitrogens with zero attached hydrogens (tertiary/aromatic N) is 1. The molecule has 142 valence electrons. The summed E-state index contributed by atoms with van der Waals surface area (Å²) in [7, 11) is 3.25. The molecule has 0 unspecified atom stereocenters. The second-order valence-electron chi connectivity index (χ2n) is 6.21. The van der Waals surface area contributed by atoms with Gasteiger partial charge in [-0.2, -0.15) is 0 Å². The Hall–Kier alpha value is -3.15. The van der Waals surface area contributed by atoms with Crippen LogP contribution in [0.3, 0.4) is 0 Å². The molecule has 3 N–H and O–H groups in total. The topological polar surface area (TPSA) is 82.0 Å². The Bertz CT molecular complexity index is 947. The molecule has 0 spiro atoms. The zero-order valence-electron chi connectivity index (χ0n) is 15.9. The summed E-state index contributed by atoms with van der Waals surface area (Å²) in [6.45, 7) is 3.12. The highest BCUT2D eigenvalue weighted by atomic mass is 16.5. The molecule has 1 heterocycles. The van der Waals surface area contributed by atoms with E-state index in [0.717, 1.165) is 45.8 Å². The fraction of sp³-hybridized carbons (Fsp3) is 0.286. The largest absolute Gasteiger partial charge is 0.493 e. The molecular formula is C21H25N3O3. The van der Waals surface area contributed by atoms with Crippen molar-refractivity contribution < 1.29 is 13.9 Å². The van der Waals surface area contributed by atoms with Gasteiger partial charge in [0.05, 0.1) is 14.2 Å². The van der Waals surface area contributed by atoms with Crippen LogP contribution < -0.4 is 20.5 Å². The number of furan rings is 1. The number of ether oxygens (including phenoxy) is 2. The molecule has 0 atom stereocenters. The predicted octanol–water partition coefficient (Wildman–Crippen LogP) is 3.41. The molecular weight excluding hydrogens is 342 g/mol. The number of nitrogens with two attached hydrogens (primary N) is 1. The fourth-order valence-electron chi connectivity index (χ4n) is 2.96. The number of para-hydroxylation sites is 1. The summed E-state index contributed by atoms with van der Waals surface area (Å²) in [6, 6.07) is 13.8. The summed E-state index contributed by atoms with van der Waals surface area (Å²) >= 11 is 0. The van der Waals surface area contributed by atoms with Gasteiger partial charge >= 0.3 is 0 Å². The molecule has 1 aromatic heterocycles. The molecule has 0 aliphatic heterocycles. The average Bonchev–Trinajstić information content (AvgIpc) is 3.02. The molecule has 0 aliphatic rings. The monoisotopic (exact) mass is 367 g/mol. The summed E-state index contributed by atoms with van der Waals surface area (Å²) in [6.07, 6.45) is 0.792. The number of nitrogens with one attached hydrogen (secondary N) is 1. The summed E-state index contributed by atoms with van der Waals surface area (Å²) in [5.74, 6) is 2.67. The molecule has 0 saturated heterocycles. The van der Waals surface area contributed by atoms with Gasteiger partial charge in [0.2, 0.25) is 0 Å². The Morgan fingerprint density at radius 3 is 2.63 bits per heavy atom. The van der Waals surface area contributed by atoms with Gasteiger partial charge in [-0.1, -0.05) is 24.3 Å². The van der Waals surface area contributed by atoms with E-state index in [0.29, 0.717) is 19.0 Å². The van der Waals surface area contributed by atoms with Crippen molar-refractivity contribution >= 4 is 16.9 Å². The lowest BCUT2D eigenvalue weighted by Gasteiger charge is -2.10. The van der Waals surface area contributed by atoms with E-state index in [-0.39, 0.29) is 0 Å². The van der Waals surface area contributed by atoms with Crippen LogP contribution in [0.5, 0.6) is 11.5 Å². The van der Waals surface area contributed by atoms with Crippen LogP contribution in [0.25, 0.3) is 11.0 Å². The molecule has 0 radical (unpaired) electrons. The number of aliphatic imine (C=N–C) groups is 1. The standard InChI is InChI=1S/C21H25N3O3/c1-14-16-6-4-5-7-17(16)27-20(14)13-24-21(22)23-11-10-15-8-9-18(25-2)19(12-15)26-3/h4-9,12H,10-11,13H2,1-3H3,(H3,22,23,24). The number of fused-ring (bicyclic) bond motifs is 1. The second kappa shape index (κ2) is 8.49. The molecule has 2 aromatic carbocycles. The maximum absolute atomic E-state index is 5.98. The third kappa shape index (κ3) is 4.34. The van der Waals surface area contributed by atoms with Crippen molar-refractivity contribution in [2.75, 3.05) is 20.8 Å². The van der Waals surface area contributed by atoms with Crippen LogP contribution in [0.4, 0.5) is 0 Å². The van der Waals surface area contributed by atoms with Crippen LogP contribution in [0.2, 0.25) is 0 Å². The molecule has 3 aromatic rings. The normalized spacial score (nSPS) is 11.6. The first kappa shape index (κ1) is 18.6. The van der Waals surface area contributed by atoms with Crippen LogP contribution in [-0.4, -0.2) is 26.7 Å². The zero-order valence-corrected chi connectivity index (χ0v) is 15.9. The molecule has 0 saturated carbocycles. The number of hydrogen-bond acceptors (Lipinski definition) is 4. The first-order valence-electron chi connectivity index (χ1n) is 8.84. The van der Waals surface area contributed by atoms with E-state index in [4.69, 9.17) is 19.6 Å². The lowest BCUT2D eigenvalue weighted by Crippen LogP contribution is -2.33. The minimum Gasteiger partial charge on any atom is -0.493 e. The van der Waals surface area contributed by atoms with E-state index in [1.54, 1.807) is 14.2 Å². The van der Waals surface area contributed by atoms with Gasteiger partial charge in [-0.15, -0.1) is 0 Å². The molecule has 0 bridgehead atoms. The molecule has 6 heteroatoms. The molecule has 0 fully saturated rings. The van der Waals surface area contributed by atoms with Gasteiger partial charge < -0.3 is 24.9 Å². The van der Waals surface area contributed by atoms with Crippen LogP contribution in [0, 0.1) is 6.92 Å². The SMILES string of the molecule is COc1ccc(CCNC(N)=NCc2oc3ccccc3c2C)cc1OC. The summed E-state index contributed by atoms with van der Waals surface area (Å²) in [4.78, 5) is 4.39. The smallest absolute Gasteiger partial charge is 0.189 e. The third-order valence-electron chi connectivity index (χ3n) is 4.50. The van der Waals surface area contributed by atoms with Gasteiger partial charge in [-0.3, -0.25) is 0 Å². The van der Waals surface area contributed by atoms with E-state index in [9.17, 15) is 0 Å². The van der Waals surface area contributed by atoms with Gasteiger partial charge in [-0.05, 0) is 37.1 Å². The minimum atomic E-state index is 0.398. The van der Waals surface area contributed by atoms with Crippen LogP contribution in [0.15, 0.2) is 51.9 Å². The number of hydrogen-bond donors (Lipinski definition) is 2. The van der Waals surface area contributed by atoms with Crippen molar-refractivity contribution in [2.45, 2.75) is 19.9 Å². The first-order chi connectivity index (χ1) is 13.1. The van der Waals surface area contributed by atoms with E-state index >= 15 is 0 Å². The van der Waals surface area contributed by atoms with Crippen LogP contribution in [-0.2, 0) is 13.0 Å². The van der Waals surface area contributed by atoms with Crippen molar-refractivity contribution in [1.82, 2.24) is 5.32 Å². The quantitative estimate of drug-likeness (QED) is 0.494. The lowest BCUT2D eigenvalue weighted by atomic mass is 10.1. The molecule has 3 rings (SSSR count). The Kier molecular flexibility index (Phi) is 5.86. The van der Waals surface area contributed by atoms with Crippen LogP contribution in [0.1, 0.15) is 16.9 Å². The highest BCUT2D eigenvalue weighted by Gasteiger charge is 2.09. The summed E-state index contributed by atoms with van der Waals surface area (Å²) in [5, 5.41) is 4.25. The summed E-state index contributed by atoms with van der Waals surface area (Å²) in [5.41, 5.74) is 9.09. The number of guanidine groups is 1. The molecule has 6 nitrogen and oxygen atoms in total. The van der Waals surface area contributed by atoms with E-state index < -0.39 is 0 Å². The molecule has 0 amide bonds. The highest BCUT2D eigenvalue weighted by Crippen LogP contribution is 2.27. The van der Waals surface area contributed by atoms with Crippen molar-refractivity contribution in [1.29, 1.82) is 0 Å². The van der Waals surface area contributed by atoms with Gasteiger partial charge in [-0.25, -0.2) is 4.99 Å². The van der Waals surface area contributed by atoms with Gasteiger partial charge in [0, 0.05) is 17.5 Å². The van der Waals surface area contributed by atoms with E-state index in [2.05, 4.69) is 10.3 Å². The fourth-order valence-corrected chi connectivity index (χ4v) is 2.96. The van der Waals surface area contributed by atoms with Crippen molar-refractivity contribution in [2.24, 2.45) is 10.7 Å². The minimum absolute atomic E-state index is 0.398. The van der Waals surface area contributed by atoms with E-state index in [1.807, 2.05) is 49.4 Å². The zero-order chi connectivity index (χ0) is 19.2. The number of benzene rings is 2. The van der Waals surface area contributed by atoms with Gasteiger partial charge in [0.25, 0.3) is 0 Å². The van der Waals surface area contributed by atoms with Gasteiger partial charge in [0.1, 0.15) is 17.9 Å². The Labute approximate surface area is 159 Å². The van der Waals surface area contributed by atoms with E-state index in [1.165, 1.54) is 0 Å². The lowest BCUT2D eigenvalue weighted by molar-refractivity contribution is 0.354. The number of rotatable bonds is 7. The Morgan fingerprint density at radius 1 is 1.11 bits per heavy atom. The Morgan fingerprint density at radius 2 is 1.89 bits per heavy atom. The van der Waals surface area contributed by atoms with Crippen LogP contribution >= 0.6 is 0 Å². The average molecular weight is 367 g/mol. The molecule has 0 aliphatic carbocycles. The highest BCUT2D eigenvalue weighted by molar-refractivity contribution is 5.82. The van der Waals surface area contributed by atoms with Crippen molar-refractivity contribution in [3.05, 3.63) is 59.4 Å². The maximum Gasteiger partial charge on any atom is 0.189 e. The van der Waals surface area contributed by atoms with Crippen molar-refractivity contribution in [3.8, 4) is 11.5 Å². The number of aryl methyl sites for hydroxylation is 1. The third-order valence-corrected chi connectivity index (χ3v) is 4.50. The Balaban J connectivity index is 1.56. The predicted molar refractivity (Wildman–Crippen MR) is 108 cm³/mol. The molecule has 27 heavy (non-hydrogen) atoms.